The number of carbonyl (C=O) groups excluding carboxylic acids is 1. The first-order chi connectivity index (χ1) is 18.2. The number of carbonyl (C=O) groups is 1. The molecular formula is C25H23ClN4O8. The van der Waals surface area contributed by atoms with Crippen molar-refractivity contribution in [3.05, 3.63) is 91.0 Å². The molecule has 1 N–H and O–H groups in total. The first-order valence-corrected chi connectivity index (χ1v) is 11.7. The molecule has 0 bridgehead atoms. The van der Waals surface area contributed by atoms with E-state index in [4.69, 9.17) is 25.8 Å². The van der Waals surface area contributed by atoms with Crippen molar-refractivity contribution in [2.24, 2.45) is 5.10 Å². The van der Waals surface area contributed by atoms with Gasteiger partial charge in [-0.05, 0) is 55.8 Å². The Bertz CT molecular complexity index is 1380. The summed E-state index contributed by atoms with van der Waals surface area (Å²) in [5, 5.41) is 26.7. The number of ether oxygens (including phenoxy) is 3. The lowest BCUT2D eigenvalue weighted by atomic mass is 10.2. The van der Waals surface area contributed by atoms with Gasteiger partial charge in [0, 0.05) is 22.2 Å². The lowest BCUT2D eigenvalue weighted by molar-refractivity contribution is -0.394. The zero-order valence-corrected chi connectivity index (χ0v) is 21.1. The number of rotatable bonds is 12. The molecule has 3 rings (SSSR count). The summed E-state index contributed by atoms with van der Waals surface area (Å²) in [6, 6.07) is 12.2. The largest absolute Gasteiger partial charge is 0.490 e. The lowest BCUT2D eigenvalue weighted by Crippen LogP contribution is -2.18. The molecule has 0 radical (unpaired) electrons. The maximum absolute atomic E-state index is 12.7. The number of hydrogen-bond acceptors (Lipinski definition) is 9. The van der Waals surface area contributed by atoms with E-state index in [2.05, 4.69) is 10.5 Å². The summed E-state index contributed by atoms with van der Waals surface area (Å²) in [5.74, 6) is 0.304. The van der Waals surface area contributed by atoms with Gasteiger partial charge in [0.25, 0.3) is 11.6 Å². The van der Waals surface area contributed by atoms with Crippen molar-refractivity contribution in [3.63, 3.8) is 0 Å². The highest BCUT2D eigenvalue weighted by molar-refractivity contribution is 6.30. The summed E-state index contributed by atoms with van der Waals surface area (Å²) >= 11 is 6.08. The van der Waals surface area contributed by atoms with E-state index in [9.17, 15) is 25.0 Å². The van der Waals surface area contributed by atoms with E-state index in [1.165, 1.54) is 24.4 Å². The predicted octanol–water partition coefficient (Wildman–Crippen LogP) is 5.90. The molecule has 0 saturated heterocycles. The van der Waals surface area contributed by atoms with E-state index in [-0.39, 0.29) is 22.6 Å². The van der Waals surface area contributed by atoms with E-state index in [0.717, 1.165) is 24.6 Å². The number of nitro benzene ring substituents is 2. The van der Waals surface area contributed by atoms with Crippen LogP contribution in [0.3, 0.4) is 0 Å². The molecule has 0 aliphatic carbocycles. The highest BCUT2D eigenvalue weighted by Gasteiger charge is 2.22. The number of non-ortho nitro benzene ring substituents is 1. The number of hydrazone groups is 1. The van der Waals surface area contributed by atoms with Crippen LogP contribution >= 0.6 is 11.6 Å². The SMILES string of the molecule is CCCOc1ccc(C(=O)N/N=C/c2cc(Cl)ccc2Oc2ccc([N+](=O)[O-])cc2[N+](=O)[O-])cc1OCC. The molecule has 198 valence electrons. The average Bonchev–Trinajstić information content (AvgIpc) is 2.89. The monoisotopic (exact) mass is 542 g/mol. The van der Waals surface area contributed by atoms with Gasteiger partial charge in [-0.15, -0.1) is 0 Å². The first kappa shape index (κ1) is 27.9. The molecule has 0 fully saturated rings. The maximum Gasteiger partial charge on any atom is 0.318 e. The van der Waals surface area contributed by atoms with E-state index in [1.807, 2.05) is 13.8 Å². The predicted molar refractivity (Wildman–Crippen MR) is 140 cm³/mol. The standard InChI is InChI=1S/C25H23ClN4O8/c1-3-11-37-23-8-5-16(13-24(23)36-4-2)25(31)28-27-15-17-12-18(26)6-9-21(17)38-22-10-7-19(29(32)33)14-20(22)30(34)35/h5-10,12-15H,3-4,11H2,1-2H3,(H,28,31)/b27-15+. The van der Waals surface area contributed by atoms with Crippen LogP contribution in [-0.4, -0.2) is 35.2 Å². The smallest absolute Gasteiger partial charge is 0.318 e. The van der Waals surface area contributed by atoms with Gasteiger partial charge in [-0.25, -0.2) is 5.43 Å². The number of nitro groups is 2. The van der Waals surface area contributed by atoms with Gasteiger partial charge in [-0.2, -0.15) is 5.10 Å². The summed E-state index contributed by atoms with van der Waals surface area (Å²) in [6.45, 7) is 4.68. The van der Waals surface area contributed by atoms with Crippen LogP contribution in [0.25, 0.3) is 0 Å². The second kappa shape index (κ2) is 13.0. The maximum atomic E-state index is 12.7. The summed E-state index contributed by atoms with van der Waals surface area (Å²) < 4.78 is 16.9. The van der Waals surface area contributed by atoms with Crippen molar-refractivity contribution in [3.8, 4) is 23.0 Å². The summed E-state index contributed by atoms with van der Waals surface area (Å²) in [5.41, 5.74) is 1.90. The Kier molecular flexibility index (Phi) is 9.54. The molecule has 3 aromatic carbocycles. The third-order valence-corrected chi connectivity index (χ3v) is 5.11. The van der Waals surface area contributed by atoms with Crippen LogP contribution in [0, 0.1) is 20.2 Å². The van der Waals surface area contributed by atoms with Gasteiger partial charge >= 0.3 is 5.69 Å². The number of halogens is 1. The Labute approximate surface area is 222 Å². The highest BCUT2D eigenvalue weighted by Crippen LogP contribution is 2.36. The summed E-state index contributed by atoms with van der Waals surface area (Å²) in [4.78, 5) is 33.5. The van der Waals surface area contributed by atoms with E-state index in [1.54, 1.807) is 18.2 Å². The number of amides is 1. The van der Waals surface area contributed by atoms with Crippen LogP contribution in [0.4, 0.5) is 11.4 Å². The topological polar surface area (TPSA) is 155 Å². The normalized spacial score (nSPS) is 10.7. The third kappa shape index (κ3) is 7.17. The van der Waals surface area contributed by atoms with Crippen molar-refractivity contribution in [1.29, 1.82) is 0 Å². The Morgan fingerprint density at radius 1 is 0.947 bits per heavy atom. The highest BCUT2D eigenvalue weighted by atomic mass is 35.5. The molecule has 3 aromatic rings. The molecule has 1 amide bonds. The van der Waals surface area contributed by atoms with Gasteiger partial charge in [0.1, 0.15) is 5.75 Å². The molecule has 0 atom stereocenters. The minimum absolute atomic E-state index is 0.111. The van der Waals surface area contributed by atoms with Crippen molar-refractivity contribution >= 4 is 35.1 Å². The Balaban J connectivity index is 1.81. The Morgan fingerprint density at radius 2 is 1.68 bits per heavy atom. The van der Waals surface area contributed by atoms with Crippen LogP contribution in [0.1, 0.15) is 36.2 Å². The molecule has 13 heteroatoms. The number of nitrogens with one attached hydrogen (secondary N) is 1. The molecular weight excluding hydrogens is 520 g/mol. The minimum Gasteiger partial charge on any atom is -0.490 e. The van der Waals surface area contributed by atoms with Gasteiger partial charge in [0.05, 0.1) is 35.3 Å². The van der Waals surface area contributed by atoms with E-state index < -0.39 is 27.1 Å². The number of nitrogens with zero attached hydrogens (tertiary/aromatic N) is 3. The molecule has 0 heterocycles. The molecule has 0 aliphatic rings. The lowest BCUT2D eigenvalue weighted by Gasteiger charge is -2.12. The number of hydrogen-bond donors (Lipinski definition) is 1. The van der Waals surface area contributed by atoms with Crippen LogP contribution in [-0.2, 0) is 0 Å². The zero-order chi connectivity index (χ0) is 27.7. The van der Waals surface area contributed by atoms with Crippen LogP contribution in [0.15, 0.2) is 59.7 Å². The summed E-state index contributed by atoms with van der Waals surface area (Å²) in [6.07, 6.45) is 2.06. The molecule has 38 heavy (non-hydrogen) atoms. The first-order valence-electron chi connectivity index (χ1n) is 11.4. The molecule has 0 aromatic heterocycles. The molecule has 12 nitrogen and oxygen atoms in total. The van der Waals surface area contributed by atoms with Crippen LogP contribution in [0.2, 0.25) is 5.02 Å². The van der Waals surface area contributed by atoms with Crippen molar-refractivity contribution in [2.45, 2.75) is 20.3 Å². The Morgan fingerprint density at radius 3 is 2.37 bits per heavy atom. The molecule has 0 saturated carbocycles. The fraction of sp³-hybridized carbons (Fsp3) is 0.200. The zero-order valence-electron chi connectivity index (χ0n) is 20.4. The number of benzene rings is 3. The quantitative estimate of drug-likeness (QED) is 0.168. The van der Waals surface area contributed by atoms with Gasteiger partial charge in [0.2, 0.25) is 5.75 Å². The Hall–Kier alpha value is -4.71. The molecule has 0 aliphatic heterocycles. The fourth-order valence-electron chi connectivity index (χ4n) is 3.15. The van der Waals surface area contributed by atoms with E-state index in [0.29, 0.717) is 29.7 Å². The van der Waals surface area contributed by atoms with Crippen molar-refractivity contribution in [2.75, 3.05) is 13.2 Å². The molecule has 0 unspecified atom stereocenters. The van der Waals surface area contributed by atoms with Gasteiger partial charge < -0.3 is 14.2 Å². The minimum atomic E-state index is -0.790. The third-order valence-electron chi connectivity index (χ3n) is 4.88. The summed E-state index contributed by atoms with van der Waals surface area (Å²) in [7, 11) is 0. The average molecular weight is 543 g/mol. The second-order valence-electron chi connectivity index (χ2n) is 7.59. The van der Waals surface area contributed by atoms with Crippen molar-refractivity contribution in [1.82, 2.24) is 5.43 Å². The van der Waals surface area contributed by atoms with Gasteiger partial charge in [0.15, 0.2) is 11.5 Å². The van der Waals surface area contributed by atoms with Gasteiger partial charge in [-0.3, -0.25) is 25.0 Å². The van der Waals surface area contributed by atoms with E-state index >= 15 is 0 Å². The molecule has 0 spiro atoms. The van der Waals surface area contributed by atoms with Gasteiger partial charge in [-0.1, -0.05) is 18.5 Å². The fourth-order valence-corrected chi connectivity index (χ4v) is 3.33. The second-order valence-corrected chi connectivity index (χ2v) is 8.03. The van der Waals surface area contributed by atoms with Crippen LogP contribution < -0.4 is 19.6 Å². The van der Waals surface area contributed by atoms with Crippen molar-refractivity contribution < 1.29 is 28.9 Å². The van der Waals surface area contributed by atoms with Crippen LogP contribution in [0.5, 0.6) is 23.0 Å².